The predicted octanol–water partition coefficient (Wildman–Crippen LogP) is 0.632. The Balaban J connectivity index is 1.82. The van der Waals surface area contributed by atoms with Gasteiger partial charge in [-0.25, -0.2) is 4.98 Å². The van der Waals surface area contributed by atoms with Crippen molar-refractivity contribution in [1.29, 1.82) is 0 Å². The lowest BCUT2D eigenvalue weighted by Gasteiger charge is -2.10. The summed E-state index contributed by atoms with van der Waals surface area (Å²) in [6, 6.07) is 2.12. The molecule has 2 heterocycles. The van der Waals surface area contributed by atoms with Crippen LogP contribution in [-0.4, -0.2) is 29.1 Å². The van der Waals surface area contributed by atoms with E-state index < -0.39 is 0 Å². The van der Waals surface area contributed by atoms with Crippen LogP contribution in [0.2, 0.25) is 0 Å². The van der Waals surface area contributed by atoms with Gasteiger partial charge < -0.3 is 15.6 Å². The first-order chi connectivity index (χ1) is 7.74. The molecule has 0 radical (unpaired) electrons. The fourth-order valence-corrected chi connectivity index (χ4v) is 2.05. The van der Waals surface area contributed by atoms with Crippen molar-refractivity contribution in [2.45, 2.75) is 32.2 Å². The molecule has 0 bridgehead atoms. The van der Waals surface area contributed by atoms with E-state index in [9.17, 15) is 4.79 Å². The highest BCUT2D eigenvalue weighted by molar-refractivity contribution is 5.32. The van der Waals surface area contributed by atoms with Gasteiger partial charge in [-0.1, -0.05) is 0 Å². The molecule has 3 N–H and O–H groups in total. The Labute approximate surface area is 94.7 Å². The van der Waals surface area contributed by atoms with Gasteiger partial charge in [0.25, 0.3) is 5.56 Å². The van der Waals surface area contributed by atoms with E-state index in [0.717, 1.165) is 19.5 Å². The Morgan fingerprint density at radius 1 is 1.62 bits per heavy atom. The summed E-state index contributed by atoms with van der Waals surface area (Å²) in [6.45, 7) is 3.77. The van der Waals surface area contributed by atoms with Gasteiger partial charge >= 0.3 is 0 Å². The Hall–Kier alpha value is -1.36. The molecule has 0 unspecified atom stereocenters. The normalized spacial score (nSPS) is 19.9. The van der Waals surface area contributed by atoms with Crippen molar-refractivity contribution < 1.29 is 0 Å². The highest BCUT2D eigenvalue weighted by Crippen LogP contribution is 2.08. The first kappa shape index (κ1) is 11.1. The van der Waals surface area contributed by atoms with Crippen molar-refractivity contribution >= 4 is 5.82 Å². The summed E-state index contributed by atoms with van der Waals surface area (Å²) < 4.78 is 0. The van der Waals surface area contributed by atoms with Crippen LogP contribution in [0.3, 0.4) is 0 Å². The molecule has 1 atom stereocenters. The van der Waals surface area contributed by atoms with Crippen molar-refractivity contribution in [3.63, 3.8) is 0 Å². The second-order valence-corrected chi connectivity index (χ2v) is 4.22. The van der Waals surface area contributed by atoms with E-state index in [2.05, 4.69) is 20.6 Å². The molecule has 1 fully saturated rings. The van der Waals surface area contributed by atoms with Gasteiger partial charge in [-0.2, -0.15) is 0 Å². The van der Waals surface area contributed by atoms with Crippen LogP contribution in [0.4, 0.5) is 5.82 Å². The zero-order chi connectivity index (χ0) is 11.4. The van der Waals surface area contributed by atoms with E-state index in [1.807, 2.05) is 0 Å². The van der Waals surface area contributed by atoms with Crippen LogP contribution in [-0.2, 0) is 0 Å². The minimum Gasteiger partial charge on any atom is -0.370 e. The van der Waals surface area contributed by atoms with Gasteiger partial charge in [0.05, 0.1) is 0 Å². The topological polar surface area (TPSA) is 69.8 Å². The minimum absolute atomic E-state index is 0.103. The molecule has 1 saturated heterocycles. The number of aromatic nitrogens is 2. The summed E-state index contributed by atoms with van der Waals surface area (Å²) in [5, 5.41) is 6.62. The molecule has 0 aliphatic carbocycles. The van der Waals surface area contributed by atoms with Crippen molar-refractivity contribution in [3.05, 3.63) is 22.2 Å². The maximum Gasteiger partial charge on any atom is 0.252 e. The monoisotopic (exact) mass is 222 g/mol. The van der Waals surface area contributed by atoms with Crippen LogP contribution in [0.25, 0.3) is 0 Å². The minimum atomic E-state index is -0.103. The molecule has 0 spiro atoms. The van der Waals surface area contributed by atoms with E-state index >= 15 is 0 Å². The summed E-state index contributed by atoms with van der Waals surface area (Å²) in [7, 11) is 0. The number of hydrogen-bond donors (Lipinski definition) is 3. The van der Waals surface area contributed by atoms with Crippen molar-refractivity contribution in [2.24, 2.45) is 0 Å². The molecule has 0 amide bonds. The van der Waals surface area contributed by atoms with Gasteiger partial charge in [0.1, 0.15) is 11.6 Å². The molecule has 16 heavy (non-hydrogen) atoms. The molecule has 2 rings (SSSR count). The number of aryl methyl sites for hydroxylation is 1. The van der Waals surface area contributed by atoms with Crippen LogP contribution in [0, 0.1) is 6.92 Å². The number of rotatable bonds is 4. The van der Waals surface area contributed by atoms with Crippen molar-refractivity contribution in [2.75, 3.05) is 18.4 Å². The Kier molecular flexibility index (Phi) is 3.56. The van der Waals surface area contributed by atoms with Crippen molar-refractivity contribution in [1.82, 2.24) is 15.3 Å². The maximum absolute atomic E-state index is 11.2. The average Bonchev–Trinajstić information content (AvgIpc) is 2.69. The number of anilines is 1. The fourth-order valence-electron chi connectivity index (χ4n) is 2.05. The molecule has 88 valence electrons. The third-order valence-electron chi connectivity index (χ3n) is 2.82. The summed E-state index contributed by atoms with van der Waals surface area (Å²) in [5.41, 5.74) is -0.103. The zero-order valence-corrected chi connectivity index (χ0v) is 9.55. The second kappa shape index (κ2) is 5.12. The predicted molar refractivity (Wildman–Crippen MR) is 63.7 cm³/mol. The fraction of sp³-hybridized carbons (Fsp3) is 0.636. The molecule has 0 saturated carbocycles. The van der Waals surface area contributed by atoms with Gasteiger partial charge in [-0.3, -0.25) is 4.79 Å². The average molecular weight is 222 g/mol. The molecular formula is C11H18N4O. The SMILES string of the molecule is Cc1nc(NCC[C@H]2CCCN2)cc(=O)[nH]1. The van der Waals surface area contributed by atoms with E-state index in [0.29, 0.717) is 17.7 Å². The number of aromatic amines is 1. The molecule has 0 aromatic carbocycles. The van der Waals surface area contributed by atoms with Gasteiger partial charge in [-0.05, 0) is 32.7 Å². The van der Waals surface area contributed by atoms with Crippen molar-refractivity contribution in [3.8, 4) is 0 Å². The zero-order valence-electron chi connectivity index (χ0n) is 9.55. The van der Waals surface area contributed by atoms with Crippen LogP contribution in [0.5, 0.6) is 0 Å². The van der Waals surface area contributed by atoms with Gasteiger partial charge in [0.2, 0.25) is 0 Å². The number of nitrogens with one attached hydrogen (secondary N) is 3. The Bertz CT molecular complexity index is 395. The summed E-state index contributed by atoms with van der Waals surface area (Å²) in [6.07, 6.45) is 3.60. The number of hydrogen-bond acceptors (Lipinski definition) is 4. The first-order valence-corrected chi connectivity index (χ1v) is 5.79. The number of H-pyrrole nitrogens is 1. The van der Waals surface area contributed by atoms with E-state index in [1.165, 1.54) is 18.9 Å². The lowest BCUT2D eigenvalue weighted by Crippen LogP contribution is -2.24. The van der Waals surface area contributed by atoms with Crippen LogP contribution >= 0.6 is 0 Å². The third kappa shape index (κ3) is 3.06. The molecular weight excluding hydrogens is 204 g/mol. The summed E-state index contributed by atoms with van der Waals surface area (Å²) >= 11 is 0. The van der Waals surface area contributed by atoms with Crippen LogP contribution < -0.4 is 16.2 Å². The molecule has 5 nitrogen and oxygen atoms in total. The molecule has 5 heteroatoms. The smallest absolute Gasteiger partial charge is 0.252 e. The Morgan fingerprint density at radius 3 is 3.19 bits per heavy atom. The second-order valence-electron chi connectivity index (χ2n) is 4.22. The highest BCUT2D eigenvalue weighted by atomic mass is 16.1. The standard InChI is InChI=1S/C11H18N4O/c1-8-14-10(7-11(16)15-8)13-6-4-9-3-2-5-12-9/h7,9,12H,2-6H2,1H3,(H2,13,14,15,16)/t9-/m1/s1. The maximum atomic E-state index is 11.2. The largest absolute Gasteiger partial charge is 0.370 e. The van der Waals surface area contributed by atoms with E-state index in [-0.39, 0.29) is 5.56 Å². The van der Waals surface area contributed by atoms with Gasteiger partial charge in [-0.15, -0.1) is 0 Å². The molecule has 1 aromatic heterocycles. The van der Waals surface area contributed by atoms with E-state index in [4.69, 9.17) is 0 Å². The van der Waals surface area contributed by atoms with Gasteiger partial charge in [0, 0.05) is 18.7 Å². The molecule has 1 aromatic rings. The first-order valence-electron chi connectivity index (χ1n) is 5.79. The lowest BCUT2D eigenvalue weighted by molar-refractivity contribution is 0.574. The van der Waals surface area contributed by atoms with E-state index in [1.54, 1.807) is 6.92 Å². The Morgan fingerprint density at radius 2 is 2.50 bits per heavy atom. The molecule has 1 aliphatic heterocycles. The molecule has 1 aliphatic rings. The quantitative estimate of drug-likeness (QED) is 0.699. The number of nitrogens with zero attached hydrogens (tertiary/aromatic N) is 1. The van der Waals surface area contributed by atoms with Crippen LogP contribution in [0.1, 0.15) is 25.1 Å². The highest BCUT2D eigenvalue weighted by Gasteiger charge is 2.12. The lowest BCUT2D eigenvalue weighted by atomic mass is 10.1. The van der Waals surface area contributed by atoms with Gasteiger partial charge in [0.15, 0.2) is 0 Å². The summed E-state index contributed by atoms with van der Waals surface area (Å²) in [4.78, 5) is 18.0. The summed E-state index contributed by atoms with van der Waals surface area (Å²) in [5.74, 6) is 1.31. The van der Waals surface area contributed by atoms with Crippen LogP contribution in [0.15, 0.2) is 10.9 Å². The third-order valence-corrected chi connectivity index (χ3v) is 2.82.